The maximum absolute atomic E-state index is 12.7. The summed E-state index contributed by atoms with van der Waals surface area (Å²) in [6.07, 6.45) is -5.04. The Morgan fingerprint density at radius 1 is 1.35 bits per heavy atom. The summed E-state index contributed by atoms with van der Waals surface area (Å²) in [7, 11) is 0. The number of halogens is 3. The predicted molar refractivity (Wildman–Crippen MR) is 63.9 cm³/mol. The molecule has 1 aromatic carbocycles. The van der Waals surface area contributed by atoms with Crippen molar-refractivity contribution in [3.8, 4) is 0 Å². The van der Waals surface area contributed by atoms with E-state index in [-0.39, 0.29) is 18.7 Å². The molecule has 2 saturated heterocycles. The first-order valence-corrected chi connectivity index (χ1v) is 6.29. The van der Waals surface area contributed by atoms with E-state index in [0.717, 1.165) is 12.1 Å². The number of fused-ring (bicyclic) bond motifs is 1. The van der Waals surface area contributed by atoms with Crippen molar-refractivity contribution >= 4 is 6.09 Å². The molecule has 2 aliphatic heterocycles. The van der Waals surface area contributed by atoms with E-state index in [1.807, 2.05) is 0 Å². The molecule has 0 radical (unpaired) electrons. The Morgan fingerprint density at radius 2 is 2.15 bits per heavy atom. The summed E-state index contributed by atoms with van der Waals surface area (Å²) < 4.78 is 43.1. The lowest BCUT2D eigenvalue weighted by Crippen LogP contribution is -2.36. The second kappa shape index (κ2) is 4.66. The zero-order chi connectivity index (χ0) is 14.3. The third-order valence-corrected chi connectivity index (χ3v) is 3.62. The van der Waals surface area contributed by atoms with E-state index < -0.39 is 17.8 Å². The van der Waals surface area contributed by atoms with Gasteiger partial charge in [-0.05, 0) is 17.7 Å². The fourth-order valence-electron chi connectivity index (χ4n) is 2.63. The average Bonchev–Trinajstić information content (AvgIpc) is 2.92. The van der Waals surface area contributed by atoms with E-state index in [0.29, 0.717) is 18.7 Å². The minimum absolute atomic E-state index is 0.1000. The van der Waals surface area contributed by atoms with Crippen LogP contribution in [0.3, 0.4) is 0 Å². The van der Waals surface area contributed by atoms with E-state index in [4.69, 9.17) is 4.74 Å². The molecular weight excluding hydrogens is 273 g/mol. The molecule has 0 aliphatic carbocycles. The molecule has 2 atom stereocenters. The summed E-state index contributed by atoms with van der Waals surface area (Å²) in [5.41, 5.74) is -0.256. The summed E-state index contributed by atoms with van der Waals surface area (Å²) >= 11 is 0. The van der Waals surface area contributed by atoms with Crippen LogP contribution in [0.4, 0.5) is 18.0 Å². The third kappa shape index (κ3) is 2.33. The first-order valence-electron chi connectivity index (χ1n) is 6.29. The Hall–Kier alpha value is -1.76. The van der Waals surface area contributed by atoms with Crippen LogP contribution >= 0.6 is 0 Å². The summed E-state index contributed by atoms with van der Waals surface area (Å²) in [4.78, 5) is 13.2. The van der Waals surface area contributed by atoms with Gasteiger partial charge < -0.3 is 10.1 Å². The molecule has 1 N–H and O–H groups in total. The number of ether oxygens (including phenoxy) is 1. The SMILES string of the molecule is O=C1OC2CNCC2N1Cc1cccc(C(F)(F)F)c1. The largest absolute Gasteiger partial charge is 0.442 e. The van der Waals surface area contributed by atoms with Crippen LogP contribution in [0.2, 0.25) is 0 Å². The number of hydrogen-bond donors (Lipinski definition) is 1. The molecule has 1 aromatic rings. The van der Waals surface area contributed by atoms with Crippen molar-refractivity contribution in [2.24, 2.45) is 0 Å². The van der Waals surface area contributed by atoms with E-state index >= 15 is 0 Å². The molecule has 0 saturated carbocycles. The van der Waals surface area contributed by atoms with Gasteiger partial charge in [0.15, 0.2) is 0 Å². The van der Waals surface area contributed by atoms with Gasteiger partial charge in [-0.3, -0.25) is 4.90 Å². The highest BCUT2D eigenvalue weighted by molar-refractivity contribution is 5.71. The molecule has 2 fully saturated rings. The van der Waals surface area contributed by atoms with E-state index in [9.17, 15) is 18.0 Å². The number of nitrogens with zero attached hydrogens (tertiary/aromatic N) is 1. The molecule has 20 heavy (non-hydrogen) atoms. The van der Waals surface area contributed by atoms with Gasteiger partial charge in [-0.2, -0.15) is 13.2 Å². The Labute approximate surface area is 113 Å². The van der Waals surface area contributed by atoms with Gasteiger partial charge in [0.25, 0.3) is 0 Å². The molecule has 0 spiro atoms. The summed E-state index contributed by atoms with van der Waals surface area (Å²) in [5.74, 6) is 0. The fraction of sp³-hybridized carbons (Fsp3) is 0.462. The summed E-state index contributed by atoms with van der Waals surface area (Å²) in [6, 6.07) is 4.92. The molecule has 7 heteroatoms. The van der Waals surface area contributed by atoms with Crippen molar-refractivity contribution in [2.45, 2.75) is 24.9 Å². The average molecular weight is 286 g/mol. The van der Waals surface area contributed by atoms with Crippen LogP contribution in [0.5, 0.6) is 0 Å². The van der Waals surface area contributed by atoms with Crippen molar-refractivity contribution in [1.82, 2.24) is 10.2 Å². The fourth-order valence-corrected chi connectivity index (χ4v) is 2.63. The van der Waals surface area contributed by atoms with E-state index in [1.165, 1.54) is 11.0 Å². The van der Waals surface area contributed by atoms with Crippen LogP contribution in [0.1, 0.15) is 11.1 Å². The van der Waals surface area contributed by atoms with Crippen LogP contribution in [0.25, 0.3) is 0 Å². The molecule has 1 amide bonds. The van der Waals surface area contributed by atoms with Crippen molar-refractivity contribution in [3.63, 3.8) is 0 Å². The van der Waals surface area contributed by atoms with Gasteiger partial charge in [0.05, 0.1) is 11.6 Å². The normalized spacial score (nSPS) is 25.8. The molecule has 0 aromatic heterocycles. The minimum Gasteiger partial charge on any atom is -0.442 e. The lowest BCUT2D eigenvalue weighted by atomic mass is 10.1. The second-order valence-electron chi connectivity index (χ2n) is 4.97. The Balaban J connectivity index is 1.79. The first-order chi connectivity index (χ1) is 9.45. The van der Waals surface area contributed by atoms with Crippen LogP contribution in [0.15, 0.2) is 24.3 Å². The van der Waals surface area contributed by atoms with Crippen LogP contribution in [-0.2, 0) is 17.5 Å². The quantitative estimate of drug-likeness (QED) is 0.904. The van der Waals surface area contributed by atoms with Gasteiger partial charge in [0.2, 0.25) is 0 Å². The monoisotopic (exact) mass is 286 g/mol. The number of hydrogen-bond acceptors (Lipinski definition) is 3. The number of rotatable bonds is 2. The van der Waals surface area contributed by atoms with Gasteiger partial charge in [0, 0.05) is 19.6 Å². The van der Waals surface area contributed by atoms with Crippen LogP contribution in [-0.4, -0.2) is 36.2 Å². The van der Waals surface area contributed by atoms with Gasteiger partial charge >= 0.3 is 12.3 Å². The standard InChI is InChI=1S/C13H13F3N2O2/c14-13(15,16)9-3-1-2-8(4-9)7-18-10-5-17-6-11(10)20-12(18)19/h1-4,10-11,17H,5-7H2. The topological polar surface area (TPSA) is 41.6 Å². The molecule has 0 bridgehead atoms. The number of amides is 1. The maximum atomic E-state index is 12.7. The molecule has 108 valence electrons. The Morgan fingerprint density at radius 3 is 2.90 bits per heavy atom. The highest BCUT2D eigenvalue weighted by Gasteiger charge is 2.44. The second-order valence-corrected chi connectivity index (χ2v) is 4.97. The lowest BCUT2D eigenvalue weighted by molar-refractivity contribution is -0.137. The molecule has 2 unspecified atom stereocenters. The number of nitrogens with one attached hydrogen (secondary N) is 1. The zero-order valence-electron chi connectivity index (χ0n) is 10.5. The number of carbonyl (C=O) groups excluding carboxylic acids is 1. The van der Waals surface area contributed by atoms with Crippen molar-refractivity contribution in [2.75, 3.05) is 13.1 Å². The first kappa shape index (κ1) is 13.2. The predicted octanol–water partition coefficient (Wildman–Crippen LogP) is 2.00. The lowest BCUT2D eigenvalue weighted by Gasteiger charge is -2.20. The molecule has 2 heterocycles. The number of carbonyl (C=O) groups is 1. The summed E-state index contributed by atoms with van der Waals surface area (Å²) in [6.45, 7) is 1.33. The van der Waals surface area contributed by atoms with Crippen molar-refractivity contribution < 1.29 is 22.7 Å². The van der Waals surface area contributed by atoms with E-state index in [1.54, 1.807) is 6.07 Å². The van der Waals surface area contributed by atoms with Crippen molar-refractivity contribution in [1.29, 1.82) is 0 Å². The zero-order valence-corrected chi connectivity index (χ0v) is 10.5. The maximum Gasteiger partial charge on any atom is 0.416 e. The Bertz CT molecular complexity index is 533. The molecule has 2 aliphatic rings. The van der Waals surface area contributed by atoms with Gasteiger partial charge in [0.1, 0.15) is 6.10 Å². The highest BCUT2D eigenvalue weighted by Crippen LogP contribution is 2.31. The van der Waals surface area contributed by atoms with Crippen LogP contribution in [0, 0.1) is 0 Å². The molecular formula is C13H13F3N2O2. The highest BCUT2D eigenvalue weighted by atomic mass is 19.4. The minimum atomic E-state index is -4.38. The Kier molecular flexibility index (Phi) is 3.08. The molecule has 3 rings (SSSR count). The summed E-state index contributed by atoms with van der Waals surface area (Å²) in [5, 5.41) is 3.10. The number of alkyl halides is 3. The van der Waals surface area contributed by atoms with Gasteiger partial charge in [-0.25, -0.2) is 4.79 Å². The smallest absolute Gasteiger partial charge is 0.416 e. The third-order valence-electron chi connectivity index (χ3n) is 3.62. The van der Waals surface area contributed by atoms with Crippen molar-refractivity contribution in [3.05, 3.63) is 35.4 Å². The van der Waals surface area contributed by atoms with E-state index in [2.05, 4.69) is 5.32 Å². The number of benzene rings is 1. The molecule has 4 nitrogen and oxygen atoms in total. The van der Waals surface area contributed by atoms with Crippen LogP contribution < -0.4 is 5.32 Å². The van der Waals surface area contributed by atoms with Gasteiger partial charge in [-0.1, -0.05) is 12.1 Å². The van der Waals surface area contributed by atoms with Gasteiger partial charge in [-0.15, -0.1) is 0 Å².